The zero-order chi connectivity index (χ0) is 18.4. The summed E-state index contributed by atoms with van der Waals surface area (Å²) in [4.78, 5) is 14.4. The number of amides is 1. The quantitative estimate of drug-likeness (QED) is 0.866. The fraction of sp³-hybridized carbons (Fsp3) is 0.450. The van der Waals surface area contributed by atoms with Gasteiger partial charge in [-0.1, -0.05) is 54.6 Å². The molecule has 1 saturated heterocycles. The Hall–Kier alpha value is -2.47. The minimum Gasteiger partial charge on any atom is -0.393 e. The van der Waals surface area contributed by atoms with Crippen molar-refractivity contribution < 1.29 is 9.90 Å². The highest BCUT2D eigenvalue weighted by molar-refractivity contribution is 5.92. The van der Waals surface area contributed by atoms with Crippen LogP contribution >= 0.6 is 0 Å². The lowest BCUT2D eigenvalue weighted by molar-refractivity contribution is 0.0450. The Balaban J connectivity index is 1.53. The van der Waals surface area contributed by atoms with Crippen LogP contribution in [0.15, 0.2) is 42.6 Å². The molecule has 1 fully saturated rings. The van der Waals surface area contributed by atoms with E-state index in [4.69, 9.17) is 0 Å². The van der Waals surface area contributed by atoms with Gasteiger partial charge in [0.15, 0.2) is 5.69 Å². The molecule has 0 saturated carbocycles. The number of aliphatic hydroxyl groups excluding tert-OH is 1. The first-order chi connectivity index (χ1) is 12.7. The molecule has 26 heavy (non-hydrogen) atoms. The molecule has 1 aromatic heterocycles. The van der Waals surface area contributed by atoms with Crippen LogP contribution in [0.1, 0.15) is 42.2 Å². The van der Waals surface area contributed by atoms with Gasteiger partial charge in [0.2, 0.25) is 0 Å². The summed E-state index contributed by atoms with van der Waals surface area (Å²) in [5.74, 6) is 0.218. The highest BCUT2D eigenvalue weighted by atomic mass is 16.3. The molecule has 1 atom stereocenters. The molecule has 138 valence electrons. The van der Waals surface area contributed by atoms with E-state index in [1.807, 2.05) is 54.3 Å². The molecule has 0 radical (unpaired) electrons. The number of carbonyl (C=O) groups is 1. The maximum Gasteiger partial charge on any atom is 0.276 e. The van der Waals surface area contributed by atoms with Gasteiger partial charge in [-0.15, -0.1) is 5.10 Å². The molecule has 6 nitrogen and oxygen atoms in total. The molecule has 0 bridgehead atoms. The van der Waals surface area contributed by atoms with Gasteiger partial charge in [-0.05, 0) is 30.7 Å². The van der Waals surface area contributed by atoms with E-state index in [1.54, 1.807) is 10.9 Å². The molecule has 2 heterocycles. The summed E-state index contributed by atoms with van der Waals surface area (Å²) in [6.45, 7) is 3.90. The molecule has 3 rings (SSSR count). The Morgan fingerprint density at radius 2 is 2.04 bits per heavy atom. The largest absolute Gasteiger partial charge is 0.393 e. The van der Waals surface area contributed by atoms with Crippen molar-refractivity contribution in [2.45, 2.75) is 38.8 Å². The smallest absolute Gasteiger partial charge is 0.276 e. The summed E-state index contributed by atoms with van der Waals surface area (Å²) in [6, 6.07) is 10.0. The molecular formula is C20H26N4O2. The lowest BCUT2D eigenvalue weighted by Gasteiger charge is -2.33. The van der Waals surface area contributed by atoms with Gasteiger partial charge < -0.3 is 10.0 Å². The minimum absolute atomic E-state index is 0.0762. The van der Waals surface area contributed by atoms with E-state index >= 15 is 0 Å². The van der Waals surface area contributed by atoms with Crippen LogP contribution in [0.3, 0.4) is 0 Å². The Labute approximate surface area is 154 Å². The third kappa shape index (κ3) is 4.58. The number of rotatable bonds is 6. The maximum absolute atomic E-state index is 12.6. The van der Waals surface area contributed by atoms with Crippen LogP contribution in [0.2, 0.25) is 0 Å². The van der Waals surface area contributed by atoms with Crippen LogP contribution in [0, 0.1) is 5.92 Å². The summed E-state index contributed by atoms with van der Waals surface area (Å²) >= 11 is 0. The zero-order valence-corrected chi connectivity index (χ0v) is 15.2. The first-order valence-corrected chi connectivity index (χ1v) is 9.26. The number of hydrogen-bond donors (Lipinski definition) is 1. The van der Waals surface area contributed by atoms with E-state index in [-0.39, 0.29) is 12.0 Å². The number of nitrogens with zero attached hydrogens (tertiary/aromatic N) is 4. The SMILES string of the molecule is CC[C@@H](O)C1CCN(C(=O)c2cn(C/C=C/c3ccccc3)nn2)CC1. The number of aliphatic hydroxyl groups is 1. The van der Waals surface area contributed by atoms with E-state index in [9.17, 15) is 9.90 Å². The van der Waals surface area contributed by atoms with E-state index in [2.05, 4.69) is 10.3 Å². The number of carbonyl (C=O) groups excluding carboxylic acids is 1. The lowest BCUT2D eigenvalue weighted by atomic mass is 9.90. The summed E-state index contributed by atoms with van der Waals surface area (Å²) in [7, 11) is 0. The van der Waals surface area contributed by atoms with Gasteiger partial charge in [-0.3, -0.25) is 4.79 Å². The first kappa shape index (κ1) is 18.3. The number of aromatic nitrogens is 3. The van der Waals surface area contributed by atoms with Crippen molar-refractivity contribution >= 4 is 12.0 Å². The predicted octanol–water partition coefficient (Wildman–Crippen LogP) is 2.61. The van der Waals surface area contributed by atoms with Crippen LogP contribution < -0.4 is 0 Å². The Morgan fingerprint density at radius 1 is 1.31 bits per heavy atom. The average molecular weight is 354 g/mol. The second-order valence-corrected chi connectivity index (χ2v) is 6.74. The van der Waals surface area contributed by atoms with E-state index in [0.29, 0.717) is 31.2 Å². The Kier molecular flexibility index (Phi) is 6.17. The topological polar surface area (TPSA) is 71.2 Å². The average Bonchev–Trinajstić information content (AvgIpc) is 3.16. The monoisotopic (exact) mass is 354 g/mol. The summed E-state index contributed by atoms with van der Waals surface area (Å²) < 4.78 is 1.67. The highest BCUT2D eigenvalue weighted by Gasteiger charge is 2.28. The van der Waals surface area contributed by atoms with Gasteiger partial charge in [0.25, 0.3) is 5.91 Å². The molecule has 0 unspecified atom stereocenters. The van der Waals surface area contributed by atoms with Gasteiger partial charge in [0, 0.05) is 13.1 Å². The normalized spacial score (nSPS) is 16.9. The molecule has 1 aliphatic rings. The van der Waals surface area contributed by atoms with Gasteiger partial charge in [0.05, 0.1) is 18.8 Å². The zero-order valence-electron chi connectivity index (χ0n) is 15.2. The van der Waals surface area contributed by atoms with Crippen LogP contribution in [0.4, 0.5) is 0 Å². The second-order valence-electron chi connectivity index (χ2n) is 6.74. The summed E-state index contributed by atoms with van der Waals surface area (Å²) in [5, 5.41) is 18.0. The van der Waals surface area contributed by atoms with Crippen molar-refractivity contribution in [3.8, 4) is 0 Å². The number of piperidine rings is 1. The molecule has 6 heteroatoms. The van der Waals surface area contributed by atoms with Crippen LogP contribution in [-0.4, -0.2) is 50.1 Å². The number of allylic oxidation sites excluding steroid dienone is 1. The second kappa shape index (κ2) is 8.76. The third-order valence-corrected chi connectivity index (χ3v) is 4.95. The van der Waals surface area contributed by atoms with Crippen molar-refractivity contribution in [3.05, 3.63) is 53.9 Å². The molecule has 1 amide bonds. The Bertz CT molecular complexity index is 733. The van der Waals surface area contributed by atoms with E-state index < -0.39 is 0 Å². The standard InChI is InChI=1S/C20H26N4O2/c1-2-19(25)17-10-13-23(14-11-17)20(26)18-15-24(22-21-18)12-6-9-16-7-4-3-5-8-16/h3-9,15,17,19,25H,2,10-14H2,1H3/b9-6+/t19-/m1/s1. The number of hydrogen-bond acceptors (Lipinski definition) is 4. The molecule has 0 aliphatic carbocycles. The van der Waals surface area contributed by atoms with Crippen molar-refractivity contribution in [2.75, 3.05) is 13.1 Å². The van der Waals surface area contributed by atoms with E-state index in [0.717, 1.165) is 24.8 Å². The molecule has 2 aromatic rings. The third-order valence-electron chi connectivity index (χ3n) is 4.95. The van der Waals surface area contributed by atoms with Crippen LogP contribution in [-0.2, 0) is 6.54 Å². The number of benzene rings is 1. The van der Waals surface area contributed by atoms with Crippen molar-refractivity contribution in [2.24, 2.45) is 5.92 Å². The highest BCUT2D eigenvalue weighted by Crippen LogP contribution is 2.23. The molecule has 0 spiro atoms. The fourth-order valence-electron chi connectivity index (χ4n) is 3.33. The van der Waals surface area contributed by atoms with Gasteiger partial charge in [-0.2, -0.15) is 0 Å². The van der Waals surface area contributed by atoms with Gasteiger partial charge in [-0.25, -0.2) is 4.68 Å². The predicted molar refractivity (Wildman–Crippen MR) is 100 cm³/mol. The first-order valence-electron chi connectivity index (χ1n) is 9.26. The molecule has 1 aliphatic heterocycles. The minimum atomic E-state index is -0.260. The number of likely N-dealkylation sites (tertiary alicyclic amines) is 1. The molecular weight excluding hydrogens is 328 g/mol. The molecule has 1 aromatic carbocycles. The van der Waals surface area contributed by atoms with Crippen molar-refractivity contribution in [3.63, 3.8) is 0 Å². The maximum atomic E-state index is 12.6. The van der Waals surface area contributed by atoms with Crippen LogP contribution in [0.25, 0.3) is 6.08 Å². The van der Waals surface area contributed by atoms with Crippen molar-refractivity contribution in [1.29, 1.82) is 0 Å². The van der Waals surface area contributed by atoms with Crippen LogP contribution in [0.5, 0.6) is 0 Å². The van der Waals surface area contributed by atoms with Crippen molar-refractivity contribution in [1.82, 2.24) is 19.9 Å². The lowest BCUT2D eigenvalue weighted by Crippen LogP contribution is -2.41. The van der Waals surface area contributed by atoms with Gasteiger partial charge >= 0.3 is 0 Å². The summed E-state index contributed by atoms with van der Waals surface area (Å²) in [5.41, 5.74) is 1.51. The van der Waals surface area contributed by atoms with Gasteiger partial charge in [0.1, 0.15) is 0 Å². The molecule has 1 N–H and O–H groups in total. The fourth-order valence-corrected chi connectivity index (χ4v) is 3.33. The summed E-state index contributed by atoms with van der Waals surface area (Å²) in [6.07, 6.45) is 7.91. The Morgan fingerprint density at radius 3 is 2.73 bits per heavy atom. The van der Waals surface area contributed by atoms with E-state index in [1.165, 1.54) is 0 Å².